The van der Waals surface area contributed by atoms with Crippen molar-refractivity contribution in [1.82, 2.24) is 4.90 Å². The zero-order valence-electron chi connectivity index (χ0n) is 8.78. The Kier molecular flexibility index (Phi) is 4.35. The molecule has 0 aromatic heterocycles. The average molecular weight is 200 g/mol. The molecule has 82 valence electrons. The highest BCUT2D eigenvalue weighted by atomic mass is 16.4. The number of carbonyl (C=O) groups is 1. The lowest BCUT2D eigenvalue weighted by Crippen LogP contribution is -2.52. The molecular formula is C10H20N2O2. The summed E-state index contributed by atoms with van der Waals surface area (Å²) in [5.41, 5.74) is 5.65. The summed E-state index contributed by atoms with van der Waals surface area (Å²) < 4.78 is 0. The number of rotatable bonds is 4. The molecule has 0 bridgehead atoms. The third-order valence-electron chi connectivity index (χ3n) is 3.02. The molecule has 0 aliphatic carbocycles. The van der Waals surface area contributed by atoms with Crippen LogP contribution in [0.4, 0.5) is 0 Å². The van der Waals surface area contributed by atoms with E-state index < -0.39 is 5.97 Å². The Morgan fingerprint density at radius 1 is 1.64 bits per heavy atom. The van der Waals surface area contributed by atoms with Gasteiger partial charge in [0.05, 0.1) is 0 Å². The van der Waals surface area contributed by atoms with E-state index in [-0.39, 0.29) is 12.1 Å². The van der Waals surface area contributed by atoms with Gasteiger partial charge in [0.2, 0.25) is 0 Å². The highest BCUT2D eigenvalue weighted by Gasteiger charge is 2.30. The van der Waals surface area contributed by atoms with Crippen molar-refractivity contribution in [3.63, 3.8) is 0 Å². The fraction of sp³-hybridized carbons (Fsp3) is 0.900. The molecule has 1 saturated heterocycles. The van der Waals surface area contributed by atoms with E-state index in [1.54, 1.807) is 0 Å². The van der Waals surface area contributed by atoms with Crippen LogP contribution in [0.3, 0.4) is 0 Å². The molecule has 14 heavy (non-hydrogen) atoms. The second-order valence-electron chi connectivity index (χ2n) is 3.89. The Hall–Kier alpha value is -0.610. The topological polar surface area (TPSA) is 66.6 Å². The molecular weight excluding hydrogens is 180 g/mol. The quantitative estimate of drug-likeness (QED) is 0.699. The summed E-state index contributed by atoms with van der Waals surface area (Å²) in [6.45, 7) is 3.37. The van der Waals surface area contributed by atoms with Crippen molar-refractivity contribution < 1.29 is 9.90 Å². The van der Waals surface area contributed by atoms with Crippen molar-refractivity contribution in [1.29, 1.82) is 0 Å². The summed E-state index contributed by atoms with van der Waals surface area (Å²) in [6, 6.07) is -0.0753. The van der Waals surface area contributed by atoms with Gasteiger partial charge in [-0.1, -0.05) is 13.3 Å². The van der Waals surface area contributed by atoms with E-state index in [2.05, 4.69) is 4.90 Å². The van der Waals surface area contributed by atoms with Crippen molar-refractivity contribution in [3.05, 3.63) is 0 Å². The minimum absolute atomic E-state index is 0.268. The first kappa shape index (κ1) is 11.5. The van der Waals surface area contributed by atoms with Crippen LogP contribution in [0.5, 0.6) is 0 Å². The number of aliphatic carboxylic acids is 1. The van der Waals surface area contributed by atoms with Gasteiger partial charge in [0.15, 0.2) is 0 Å². The van der Waals surface area contributed by atoms with Crippen LogP contribution >= 0.6 is 0 Å². The number of carboxylic acid groups (broad SMARTS) is 1. The van der Waals surface area contributed by atoms with E-state index in [0.29, 0.717) is 13.0 Å². The standard InChI is InChI=1S/C10H20N2O2/c1-2-9(10(13)14)12-6-4-3-5-8(12)7-11/h8-9H,2-7,11H2,1H3,(H,13,14). The molecule has 1 aliphatic rings. The minimum atomic E-state index is -0.715. The van der Waals surface area contributed by atoms with Gasteiger partial charge >= 0.3 is 5.97 Å². The average Bonchev–Trinajstić information content (AvgIpc) is 2.19. The smallest absolute Gasteiger partial charge is 0.320 e. The van der Waals surface area contributed by atoms with E-state index in [9.17, 15) is 4.79 Å². The molecule has 0 spiro atoms. The summed E-state index contributed by atoms with van der Waals surface area (Å²) in [7, 11) is 0. The van der Waals surface area contributed by atoms with E-state index in [1.165, 1.54) is 6.42 Å². The summed E-state index contributed by atoms with van der Waals surface area (Å²) in [5, 5.41) is 9.06. The predicted octanol–water partition coefficient (Wildman–Crippen LogP) is 0.663. The fourth-order valence-corrected chi connectivity index (χ4v) is 2.24. The van der Waals surface area contributed by atoms with Gasteiger partial charge in [0.25, 0.3) is 0 Å². The molecule has 0 aromatic carbocycles. The summed E-state index contributed by atoms with van der Waals surface area (Å²) in [6.07, 6.45) is 3.97. The van der Waals surface area contributed by atoms with Crippen LogP contribution in [0, 0.1) is 0 Å². The van der Waals surface area contributed by atoms with E-state index in [1.807, 2.05) is 6.92 Å². The second-order valence-corrected chi connectivity index (χ2v) is 3.89. The molecule has 2 unspecified atom stereocenters. The third kappa shape index (κ3) is 2.45. The predicted molar refractivity (Wildman–Crippen MR) is 55.1 cm³/mol. The maximum Gasteiger partial charge on any atom is 0.320 e. The van der Waals surface area contributed by atoms with Crippen LogP contribution in [-0.2, 0) is 4.79 Å². The molecule has 2 atom stereocenters. The van der Waals surface area contributed by atoms with Gasteiger partial charge in [-0.15, -0.1) is 0 Å². The van der Waals surface area contributed by atoms with Crippen LogP contribution in [-0.4, -0.2) is 41.1 Å². The zero-order valence-corrected chi connectivity index (χ0v) is 8.78. The number of carboxylic acids is 1. The first-order valence-corrected chi connectivity index (χ1v) is 5.39. The van der Waals surface area contributed by atoms with Crippen molar-refractivity contribution in [2.24, 2.45) is 5.73 Å². The van der Waals surface area contributed by atoms with Crippen LogP contribution in [0.15, 0.2) is 0 Å². The maximum atomic E-state index is 11.0. The Balaban J connectivity index is 2.65. The molecule has 1 aliphatic heterocycles. The van der Waals surface area contributed by atoms with E-state index in [4.69, 9.17) is 10.8 Å². The lowest BCUT2D eigenvalue weighted by molar-refractivity contribution is -0.145. The Morgan fingerprint density at radius 2 is 2.36 bits per heavy atom. The highest BCUT2D eigenvalue weighted by Crippen LogP contribution is 2.20. The Morgan fingerprint density at radius 3 is 2.86 bits per heavy atom. The second kappa shape index (κ2) is 5.32. The SMILES string of the molecule is CCC(C(=O)O)N1CCCCC1CN. The number of nitrogens with two attached hydrogens (primary N) is 1. The highest BCUT2D eigenvalue weighted by molar-refractivity contribution is 5.73. The fourth-order valence-electron chi connectivity index (χ4n) is 2.24. The van der Waals surface area contributed by atoms with Gasteiger partial charge in [-0.3, -0.25) is 9.69 Å². The molecule has 0 radical (unpaired) electrons. The van der Waals surface area contributed by atoms with Gasteiger partial charge in [0.1, 0.15) is 6.04 Å². The number of piperidine rings is 1. The van der Waals surface area contributed by atoms with Gasteiger partial charge in [0, 0.05) is 12.6 Å². The zero-order chi connectivity index (χ0) is 10.6. The number of nitrogens with zero attached hydrogens (tertiary/aromatic N) is 1. The molecule has 0 amide bonds. The lowest BCUT2D eigenvalue weighted by atomic mass is 9.99. The van der Waals surface area contributed by atoms with Gasteiger partial charge in [-0.2, -0.15) is 0 Å². The molecule has 3 N–H and O–H groups in total. The molecule has 1 heterocycles. The van der Waals surface area contributed by atoms with Crippen molar-refractivity contribution in [2.45, 2.75) is 44.7 Å². The molecule has 4 nitrogen and oxygen atoms in total. The number of hydrogen-bond acceptors (Lipinski definition) is 3. The normalized spacial score (nSPS) is 26.0. The van der Waals surface area contributed by atoms with E-state index >= 15 is 0 Å². The molecule has 4 heteroatoms. The van der Waals surface area contributed by atoms with Crippen LogP contribution in [0.2, 0.25) is 0 Å². The maximum absolute atomic E-state index is 11.0. The van der Waals surface area contributed by atoms with E-state index in [0.717, 1.165) is 19.4 Å². The van der Waals surface area contributed by atoms with Crippen molar-refractivity contribution in [3.8, 4) is 0 Å². The van der Waals surface area contributed by atoms with Crippen LogP contribution in [0.1, 0.15) is 32.6 Å². The summed E-state index contributed by atoms with van der Waals surface area (Å²) in [4.78, 5) is 13.1. The third-order valence-corrected chi connectivity index (χ3v) is 3.02. The molecule has 1 rings (SSSR count). The Labute approximate surface area is 85.1 Å². The number of likely N-dealkylation sites (tertiary alicyclic amines) is 1. The minimum Gasteiger partial charge on any atom is -0.480 e. The van der Waals surface area contributed by atoms with Gasteiger partial charge in [-0.05, 0) is 25.8 Å². The molecule has 1 fully saturated rings. The Bertz CT molecular complexity index is 197. The van der Waals surface area contributed by atoms with Crippen molar-refractivity contribution in [2.75, 3.05) is 13.1 Å². The van der Waals surface area contributed by atoms with Crippen LogP contribution < -0.4 is 5.73 Å². The van der Waals surface area contributed by atoms with Gasteiger partial charge in [-0.25, -0.2) is 0 Å². The lowest BCUT2D eigenvalue weighted by Gasteiger charge is -2.38. The summed E-state index contributed by atoms with van der Waals surface area (Å²) >= 11 is 0. The number of hydrogen-bond donors (Lipinski definition) is 2. The largest absolute Gasteiger partial charge is 0.480 e. The molecule has 0 saturated carbocycles. The first-order valence-electron chi connectivity index (χ1n) is 5.39. The van der Waals surface area contributed by atoms with Crippen LogP contribution in [0.25, 0.3) is 0 Å². The monoisotopic (exact) mass is 200 g/mol. The first-order chi connectivity index (χ1) is 6.70. The van der Waals surface area contributed by atoms with Crippen molar-refractivity contribution >= 4 is 5.97 Å². The summed E-state index contributed by atoms with van der Waals surface area (Å²) in [5.74, 6) is -0.715. The molecule has 0 aromatic rings. The van der Waals surface area contributed by atoms with Gasteiger partial charge < -0.3 is 10.8 Å².